The second-order valence-electron chi connectivity index (χ2n) is 6.61. The Kier molecular flexibility index (Phi) is 5.22. The fraction of sp³-hybridized carbons (Fsp3) is 0.400. The molecule has 132 valence electrons. The average molecular weight is 340 g/mol. The third-order valence-electron chi connectivity index (χ3n) is 4.60. The van der Waals surface area contributed by atoms with Crippen LogP contribution in [0.15, 0.2) is 46.9 Å². The van der Waals surface area contributed by atoms with E-state index in [-0.39, 0.29) is 17.9 Å². The third-order valence-corrected chi connectivity index (χ3v) is 4.60. The Morgan fingerprint density at radius 2 is 1.92 bits per heavy atom. The van der Waals surface area contributed by atoms with Gasteiger partial charge in [0.25, 0.3) is 0 Å². The molecule has 2 heterocycles. The van der Waals surface area contributed by atoms with E-state index in [0.29, 0.717) is 19.4 Å². The van der Waals surface area contributed by atoms with Crippen LogP contribution in [0.4, 0.5) is 0 Å². The molecule has 1 atom stereocenters. The van der Waals surface area contributed by atoms with E-state index in [2.05, 4.69) is 0 Å². The summed E-state index contributed by atoms with van der Waals surface area (Å²) in [6.07, 6.45) is 2.54. The highest BCUT2D eigenvalue weighted by molar-refractivity contribution is 5.88. The number of hydrogen-bond acceptors (Lipinski definition) is 3. The Labute approximate surface area is 148 Å². The molecule has 0 saturated carbocycles. The highest BCUT2D eigenvalue weighted by Gasteiger charge is 2.34. The van der Waals surface area contributed by atoms with E-state index in [1.165, 1.54) is 0 Å². The topological polar surface area (TPSA) is 53.8 Å². The van der Waals surface area contributed by atoms with Crippen LogP contribution < -0.4 is 0 Å². The smallest absolute Gasteiger partial charge is 0.244 e. The zero-order valence-corrected chi connectivity index (χ0v) is 14.8. The molecule has 5 heteroatoms. The van der Waals surface area contributed by atoms with Crippen molar-refractivity contribution >= 4 is 11.8 Å². The van der Waals surface area contributed by atoms with E-state index in [1.807, 2.05) is 42.5 Å². The van der Waals surface area contributed by atoms with Crippen LogP contribution in [-0.2, 0) is 16.0 Å². The summed E-state index contributed by atoms with van der Waals surface area (Å²) in [6.45, 7) is 0.663. The van der Waals surface area contributed by atoms with Gasteiger partial charge in [0.2, 0.25) is 11.8 Å². The minimum atomic E-state index is -0.306. The molecule has 1 unspecified atom stereocenters. The van der Waals surface area contributed by atoms with Gasteiger partial charge >= 0.3 is 0 Å². The van der Waals surface area contributed by atoms with Gasteiger partial charge in [-0.3, -0.25) is 9.59 Å². The highest BCUT2D eigenvalue weighted by Crippen LogP contribution is 2.24. The van der Waals surface area contributed by atoms with Gasteiger partial charge in [0.15, 0.2) is 0 Å². The van der Waals surface area contributed by atoms with Gasteiger partial charge in [-0.2, -0.15) is 0 Å². The van der Waals surface area contributed by atoms with Gasteiger partial charge in [-0.25, -0.2) is 0 Å². The zero-order chi connectivity index (χ0) is 17.8. The first kappa shape index (κ1) is 17.3. The number of carbonyl (C=O) groups excluding carboxylic acids is 2. The Bertz CT molecular complexity index is 736. The monoisotopic (exact) mass is 340 g/mol. The van der Waals surface area contributed by atoms with Crippen LogP contribution >= 0.6 is 0 Å². The van der Waals surface area contributed by atoms with Crippen molar-refractivity contribution in [2.45, 2.75) is 31.7 Å². The van der Waals surface area contributed by atoms with Gasteiger partial charge in [-0.15, -0.1) is 0 Å². The Hall–Kier alpha value is -2.56. The van der Waals surface area contributed by atoms with Crippen LogP contribution in [-0.4, -0.2) is 48.3 Å². The van der Waals surface area contributed by atoms with E-state index in [9.17, 15) is 9.59 Å². The normalized spacial score (nSPS) is 16.9. The summed E-state index contributed by atoms with van der Waals surface area (Å²) in [5, 5.41) is 0. The summed E-state index contributed by atoms with van der Waals surface area (Å²) in [6, 6.07) is 13.4. The summed E-state index contributed by atoms with van der Waals surface area (Å²) in [5.74, 6) is 1.64. The first-order valence-electron chi connectivity index (χ1n) is 8.71. The van der Waals surface area contributed by atoms with Crippen molar-refractivity contribution in [3.63, 3.8) is 0 Å². The van der Waals surface area contributed by atoms with E-state index in [1.54, 1.807) is 23.9 Å². The van der Waals surface area contributed by atoms with Gasteiger partial charge in [0, 0.05) is 39.0 Å². The highest BCUT2D eigenvalue weighted by atomic mass is 16.3. The van der Waals surface area contributed by atoms with Crippen molar-refractivity contribution in [2.75, 3.05) is 20.6 Å². The number of rotatable bonds is 5. The predicted octanol–water partition coefficient (Wildman–Crippen LogP) is 2.96. The number of likely N-dealkylation sites (tertiary alicyclic amines) is 1. The summed E-state index contributed by atoms with van der Waals surface area (Å²) in [4.78, 5) is 28.0. The summed E-state index contributed by atoms with van der Waals surface area (Å²) < 4.78 is 5.85. The van der Waals surface area contributed by atoms with Gasteiger partial charge in [0.1, 0.15) is 17.6 Å². The summed E-state index contributed by atoms with van der Waals surface area (Å²) in [7, 11) is 3.47. The fourth-order valence-electron chi connectivity index (χ4n) is 3.26. The first-order valence-corrected chi connectivity index (χ1v) is 8.71. The van der Waals surface area contributed by atoms with E-state index >= 15 is 0 Å². The first-order chi connectivity index (χ1) is 12.1. The SMILES string of the molecule is CN(C)C(=O)C1CCCN1C(=O)CCc1ccc(-c2ccccc2)o1. The molecule has 1 aromatic heterocycles. The quantitative estimate of drug-likeness (QED) is 0.841. The molecule has 2 aromatic rings. The maximum Gasteiger partial charge on any atom is 0.244 e. The predicted molar refractivity (Wildman–Crippen MR) is 95.9 cm³/mol. The lowest BCUT2D eigenvalue weighted by Gasteiger charge is -2.26. The van der Waals surface area contributed by atoms with Crippen LogP contribution in [0.5, 0.6) is 0 Å². The number of benzene rings is 1. The number of nitrogens with zero attached hydrogens (tertiary/aromatic N) is 2. The third kappa shape index (κ3) is 3.92. The standard InChI is InChI=1S/C20H24N2O3/c1-21(2)20(24)17-9-6-14-22(17)19(23)13-11-16-10-12-18(25-16)15-7-4-3-5-8-15/h3-5,7-8,10,12,17H,6,9,11,13-14H2,1-2H3. The number of amides is 2. The Morgan fingerprint density at radius 3 is 2.64 bits per heavy atom. The lowest BCUT2D eigenvalue weighted by atomic mass is 10.1. The second-order valence-corrected chi connectivity index (χ2v) is 6.61. The molecule has 0 radical (unpaired) electrons. The van der Waals surface area contributed by atoms with Crippen molar-refractivity contribution < 1.29 is 14.0 Å². The molecule has 25 heavy (non-hydrogen) atoms. The van der Waals surface area contributed by atoms with E-state index in [0.717, 1.165) is 29.9 Å². The molecule has 1 aliphatic rings. The molecular weight excluding hydrogens is 316 g/mol. The molecule has 5 nitrogen and oxygen atoms in total. The molecule has 1 fully saturated rings. The number of furan rings is 1. The average Bonchev–Trinajstić information content (AvgIpc) is 3.29. The largest absolute Gasteiger partial charge is 0.461 e. The van der Waals surface area contributed by atoms with Crippen molar-refractivity contribution in [1.29, 1.82) is 0 Å². The van der Waals surface area contributed by atoms with Crippen LogP contribution in [0.25, 0.3) is 11.3 Å². The number of carbonyl (C=O) groups is 2. The lowest BCUT2D eigenvalue weighted by molar-refractivity contribution is -0.142. The van der Waals surface area contributed by atoms with Crippen LogP contribution in [0.2, 0.25) is 0 Å². The minimum absolute atomic E-state index is 0.00946. The van der Waals surface area contributed by atoms with Crippen molar-refractivity contribution in [1.82, 2.24) is 9.80 Å². The maximum absolute atomic E-state index is 12.5. The number of likely N-dealkylation sites (N-methyl/N-ethyl adjacent to an activating group) is 1. The molecule has 0 bridgehead atoms. The van der Waals surface area contributed by atoms with E-state index in [4.69, 9.17) is 4.42 Å². The minimum Gasteiger partial charge on any atom is -0.461 e. The van der Waals surface area contributed by atoms with Crippen LogP contribution in [0.3, 0.4) is 0 Å². The van der Waals surface area contributed by atoms with E-state index < -0.39 is 0 Å². The maximum atomic E-state index is 12.5. The molecule has 0 aliphatic carbocycles. The van der Waals surface area contributed by atoms with Gasteiger partial charge in [-0.1, -0.05) is 30.3 Å². The summed E-state index contributed by atoms with van der Waals surface area (Å²) in [5.41, 5.74) is 1.02. The molecule has 1 saturated heterocycles. The molecule has 1 aromatic carbocycles. The van der Waals surface area contributed by atoms with Crippen molar-refractivity contribution in [3.8, 4) is 11.3 Å². The van der Waals surface area contributed by atoms with Crippen molar-refractivity contribution in [2.24, 2.45) is 0 Å². The van der Waals surface area contributed by atoms with Gasteiger partial charge in [0.05, 0.1) is 0 Å². The van der Waals surface area contributed by atoms with Gasteiger partial charge < -0.3 is 14.2 Å². The van der Waals surface area contributed by atoms with Crippen LogP contribution in [0.1, 0.15) is 25.0 Å². The molecule has 2 amide bonds. The Balaban J connectivity index is 1.59. The molecular formula is C20H24N2O3. The number of hydrogen-bond donors (Lipinski definition) is 0. The van der Waals surface area contributed by atoms with Crippen LogP contribution in [0, 0.1) is 0 Å². The molecule has 0 spiro atoms. The lowest BCUT2D eigenvalue weighted by Crippen LogP contribution is -2.45. The number of aryl methyl sites for hydroxylation is 1. The molecule has 0 N–H and O–H groups in total. The zero-order valence-electron chi connectivity index (χ0n) is 14.8. The van der Waals surface area contributed by atoms with Gasteiger partial charge in [-0.05, 0) is 25.0 Å². The second kappa shape index (κ2) is 7.55. The molecule has 1 aliphatic heterocycles. The van der Waals surface area contributed by atoms with Crippen molar-refractivity contribution in [3.05, 3.63) is 48.2 Å². The fourth-order valence-corrected chi connectivity index (χ4v) is 3.26. The summed E-state index contributed by atoms with van der Waals surface area (Å²) >= 11 is 0. The Morgan fingerprint density at radius 1 is 1.16 bits per heavy atom. The molecule has 3 rings (SSSR count).